The molecule has 0 radical (unpaired) electrons. The predicted octanol–water partition coefficient (Wildman–Crippen LogP) is 4.08. The number of carbonyl (C=O) groups is 2. The summed E-state index contributed by atoms with van der Waals surface area (Å²) in [5.74, 6) is -2.60. The van der Waals surface area contributed by atoms with Gasteiger partial charge in [-0.15, -0.1) is 0 Å². The molecule has 0 saturated carbocycles. The SMILES string of the molecule is COC(=O)C1=C(C(=O)OC)N(c2ccc(-n3cnc(Cl)c3Cl)cc2)C(N)=C(C#N)C1c1ccccc1. The van der Waals surface area contributed by atoms with Crippen molar-refractivity contribution in [1.29, 1.82) is 5.26 Å². The molecule has 1 atom stereocenters. The first-order chi connectivity index (χ1) is 17.3. The number of nitrogens with two attached hydrogens (primary N) is 1. The van der Waals surface area contributed by atoms with E-state index in [1.807, 2.05) is 0 Å². The number of carbonyl (C=O) groups excluding carboxylic acids is 2. The third-order valence-corrected chi connectivity index (χ3v) is 6.40. The third kappa shape index (κ3) is 4.17. The minimum absolute atomic E-state index is 0.0316. The Morgan fingerprint density at radius 2 is 1.61 bits per heavy atom. The van der Waals surface area contributed by atoms with Crippen molar-refractivity contribution >= 4 is 40.8 Å². The molecule has 0 saturated heterocycles. The van der Waals surface area contributed by atoms with Crippen molar-refractivity contribution in [2.75, 3.05) is 19.1 Å². The Bertz CT molecular complexity index is 1440. The molecule has 1 aromatic heterocycles. The van der Waals surface area contributed by atoms with E-state index in [4.69, 9.17) is 38.4 Å². The van der Waals surface area contributed by atoms with Crippen molar-refractivity contribution in [3.63, 3.8) is 0 Å². The first-order valence-electron chi connectivity index (χ1n) is 10.5. The van der Waals surface area contributed by atoms with Crippen LogP contribution in [0.15, 0.2) is 83.6 Å². The van der Waals surface area contributed by atoms with Crippen LogP contribution in [0.4, 0.5) is 5.69 Å². The number of methoxy groups -OCH3 is 2. The van der Waals surface area contributed by atoms with E-state index < -0.39 is 17.9 Å². The van der Waals surface area contributed by atoms with E-state index in [0.717, 1.165) is 0 Å². The molecule has 1 aliphatic rings. The van der Waals surface area contributed by atoms with Gasteiger partial charge in [0.1, 0.15) is 17.8 Å². The number of rotatable bonds is 5. The van der Waals surface area contributed by atoms with Crippen LogP contribution in [-0.4, -0.2) is 35.7 Å². The molecule has 0 fully saturated rings. The number of aromatic nitrogens is 2. The zero-order valence-corrected chi connectivity index (χ0v) is 20.6. The molecule has 0 aliphatic carbocycles. The number of nitriles is 1. The summed E-state index contributed by atoms with van der Waals surface area (Å²) >= 11 is 12.1. The number of allylic oxidation sites excluding steroid dienone is 1. The minimum atomic E-state index is -0.944. The lowest BCUT2D eigenvalue weighted by molar-refractivity contribution is -0.139. The maximum absolute atomic E-state index is 13.1. The Labute approximate surface area is 216 Å². The van der Waals surface area contributed by atoms with Crippen molar-refractivity contribution in [3.05, 3.63) is 99.5 Å². The van der Waals surface area contributed by atoms with Gasteiger partial charge in [-0.1, -0.05) is 53.5 Å². The lowest BCUT2D eigenvalue weighted by Crippen LogP contribution is -2.40. The van der Waals surface area contributed by atoms with Crippen LogP contribution < -0.4 is 10.6 Å². The van der Waals surface area contributed by atoms with Gasteiger partial charge in [-0.05, 0) is 29.8 Å². The van der Waals surface area contributed by atoms with E-state index >= 15 is 0 Å². The molecule has 2 N–H and O–H groups in total. The molecular formula is C25H19Cl2N5O4. The first kappa shape index (κ1) is 24.9. The fraction of sp³-hybridized carbons (Fsp3) is 0.120. The van der Waals surface area contributed by atoms with Crippen LogP contribution in [0.3, 0.4) is 0 Å². The first-order valence-corrected chi connectivity index (χ1v) is 11.2. The Hall–Kier alpha value is -4.26. The largest absolute Gasteiger partial charge is 0.466 e. The standard InChI is InChI=1S/C25H19Cl2N5O4/c1-35-24(33)19-18(14-6-4-3-5-7-14)17(12-28)23(29)32(20(19)25(34)36-2)16-10-8-15(9-11-16)31-13-30-21(26)22(31)27/h3-11,13,18H,29H2,1-2H3. The number of hydrogen-bond acceptors (Lipinski definition) is 8. The highest BCUT2D eigenvalue weighted by molar-refractivity contribution is 6.40. The zero-order valence-electron chi connectivity index (χ0n) is 19.1. The Kier molecular flexibility index (Phi) is 7.01. The topological polar surface area (TPSA) is 123 Å². The number of esters is 2. The molecule has 36 heavy (non-hydrogen) atoms. The van der Waals surface area contributed by atoms with Gasteiger partial charge in [-0.2, -0.15) is 5.26 Å². The van der Waals surface area contributed by atoms with Gasteiger partial charge in [0.2, 0.25) is 0 Å². The molecular weight excluding hydrogens is 505 g/mol. The number of hydrogen-bond donors (Lipinski definition) is 1. The molecule has 2 aromatic carbocycles. The lowest BCUT2D eigenvalue weighted by Gasteiger charge is -2.35. The monoisotopic (exact) mass is 523 g/mol. The second kappa shape index (κ2) is 10.2. The van der Waals surface area contributed by atoms with Gasteiger partial charge in [-0.3, -0.25) is 9.47 Å². The Balaban J connectivity index is 1.95. The van der Waals surface area contributed by atoms with Gasteiger partial charge >= 0.3 is 11.9 Å². The number of anilines is 1. The summed E-state index contributed by atoms with van der Waals surface area (Å²) in [5.41, 5.74) is 7.93. The average Bonchev–Trinajstić information content (AvgIpc) is 3.25. The highest BCUT2D eigenvalue weighted by Gasteiger charge is 2.42. The highest BCUT2D eigenvalue weighted by Crippen LogP contribution is 2.43. The summed E-state index contributed by atoms with van der Waals surface area (Å²) in [5, 5.41) is 10.5. The number of ether oxygens (including phenoxy) is 2. The summed E-state index contributed by atoms with van der Waals surface area (Å²) in [4.78, 5) is 31.5. The van der Waals surface area contributed by atoms with Crippen molar-refractivity contribution in [3.8, 4) is 11.8 Å². The van der Waals surface area contributed by atoms with E-state index in [-0.39, 0.29) is 33.0 Å². The summed E-state index contributed by atoms with van der Waals surface area (Å²) in [6.45, 7) is 0. The minimum Gasteiger partial charge on any atom is -0.466 e. The maximum Gasteiger partial charge on any atom is 0.355 e. The second-order valence-corrected chi connectivity index (χ2v) is 8.26. The molecule has 2 heterocycles. The predicted molar refractivity (Wildman–Crippen MR) is 133 cm³/mol. The smallest absolute Gasteiger partial charge is 0.355 e. The summed E-state index contributed by atoms with van der Waals surface area (Å²) in [7, 11) is 2.38. The fourth-order valence-electron chi connectivity index (χ4n) is 4.04. The van der Waals surface area contributed by atoms with E-state index in [1.54, 1.807) is 59.2 Å². The number of halogens is 2. The number of imidazole rings is 1. The van der Waals surface area contributed by atoms with E-state index in [1.165, 1.54) is 25.4 Å². The molecule has 1 unspecified atom stereocenters. The van der Waals surface area contributed by atoms with Crippen molar-refractivity contribution < 1.29 is 19.1 Å². The van der Waals surface area contributed by atoms with Crippen LogP contribution in [0.1, 0.15) is 11.5 Å². The molecule has 3 aromatic rings. The van der Waals surface area contributed by atoms with Crippen LogP contribution in [0.2, 0.25) is 10.3 Å². The molecule has 4 rings (SSSR count). The summed E-state index contributed by atoms with van der Waals surface area (Å²) in [6.07, 6.45) is 1.46. The molecule has 9 nitrogen and oxygen atoms in total. The normalized spacial score (nSPS) is 15.5. The molecule has 182 valence electrons. The van der Waals surface area contributed by atoms with Crippen molar-refractivity contribution in [2.24, 2.45) is 5.73 Å². The van der Waals surface area contributed by atoms with E-state index in [2.05, 4.69) is 11.1 Å². The summed E-state index contributed by atoms with van der Waals surface area (Å²) in [6, 6.07) is 17.5. The van der Waals surface area contributed by atoms with Gasteiger partial charge in [0.25, 0.3) is 0 Å². The second-order valence-electron chi connectivity index (χ2n) is 7.55. The van der Waals surface area contributed by atoms with Crippen LogP contribution in [0, 0.1) is 11.3 Å². The van der Waals surface area contributed by atoms with Crippen LogP contribution in [0.5, 0.6) is 0 Å². The van der Waals surface area contributed by atoms with E-state index in [9.17, 15) is 14.9 Å². The highest BCUT2D eigenvalue weighted by atomic mass is 35.5. The lowest BCUT2D eigenvalue weighted by atomic mass is 9.81. The van der Waals surface area contributed by atoms with Crippen LogP contribution >= 0.6 is 23.2 Å². The van der Waals surface area contributed by atoms with Gasteiger partial charge in [0.05, 0.1) is 37.4 Å². The zero-order chi connectivity index (χ0) is 26.0. The van der Waals surface area contributed by atoms with Gasteiger partial charge in [0, 0.05) is 11.4 Å². The fourth-order valence-corrected chi connectivity index (χ4v) is 4.36. The maximum atomic E-state index is 13.1. The van der Waals surface area contributed by atoms with Crippen molar-refractivity contribution in [2.45, 2.75) is 5.92 Å². The molecule has 0 bridgehead atoms. The number of nitrogens with zero attached hydrogens (tertiary/aromatic N) is 4. The summed E-state index contributed by atoms with van der Waals surface area (Å²) < 4.78 is 11.6. The number of benzene rings is 2. The van der Waals surface area contributed by atoms with Gasteiger partial charge in [-0.25, -0.2) is 14.6 Å². The molecule has 0 spiro atoms. The van der Waals surface area contributed by atoms with Crippen LogP contribution in [-0.2, 0) is 19.1 Å². The molecule has 1 aliphatic heterocycles. The van der Waals surface area contributed by atoms with Gasteiger partial charge in [0.15, 0.2) is 10.3 Å². The van der Waals surface area contributed by atoms with Gasteiger partial charge < -0.3 is 15.2 Å². The molecule has 0 amide bonds. The van der Waals surface area contributed by atoms with Crippen LogP contribution in [0.25, 0.3) is 5.69 Å². The Morgan fingerprint density at radius 1 is 1.00 bits per heavy atom. The Morgan fingerprint density at radius 3 is 2.14 bits per heavy atom. The molecule has 11 heteroatoms. The van der Waals surface area contributed by atoms with Crippen molar-refractivity contribution in [1.82, 2.24) is 9.55 Å². The average molecular weight is 524 g/mol. The quantitative estimate of drug-likeness (QED) is 0.496. The van der Waals surface area contributed by atoms with E-state index in [0.29, 0.717) is 16.9 Å². The third-order valence-electron chi connectivity index (χ3n) is 5.66.